The molecule has 0 saturated heterocycles. The lowest BCUT2D eigenvalue weighted by Crippen LogP contribution is -2.10. The highest BCUT2D eigenvalue weighted by atomic mass is 32.1. The van der Waals surface area contributed by atoms with E-state index in [9.17, 15) is 0 Å². The summed E-state index contributed by atoms with van der Waals surface area (Å²) in [6.45, 7) is 0. The van der Waals surface area contributed by atoms with Crippen LogP contribution in [0.2, 0.25) is 0 Å². The van der Waals surface area contributed by atoms with Gasteiger partial charge in [-0.25, -0.2) is 0 Å². The summed E-state index contributed by atoms with van der Waals surface area (Å²) in [6.07, 6.45) is 0. The predicted molar refractivity (Wildman–Crippen MR) is 258 cm³/mol. The van der Waals surface area contributed by atoms with Gasteiger partial charge in [-0.2, -0.15) is 0 Å². The lowest BCUT2D eigenvalue weighted by Gasteiger charge is -2.26. The molecule has 0 spiro atoms. The van der Waals surface area contributed by atoms with Gasteiger partial charge in [0.05, 0.1) is 10.9 Å². The van der Waals surface area contributed by atoms with E-state index in [4.69, 9.17) is 4.42 Å². The molecule has 0 saturated carbocycles. The third kappa shape index (κ3) is 5.97. The molecule has 0 fully saturated rings. The van der Waals surface area contributed by atoms with Crippen molar-refractivity contribution in [2.45, 2.75) is 0 Å². The van der Waals surface area contributed by atoms with E-state index in [-0.39, 0.29) is 0 Å². The number of nitrogens with zero attached hydrogens (tertiary/aromatic N) is 3. The van der Waals surface area contributed by atoms with Gasteiger partial charge in [-0.1, -0.05) is 121 Å². The van der Waals surface area contributed by atoms with Gasteiger partial charge in [-0.05, 0) is 114 Å². The van der Waals surface area contributed by atoms with E-state index in [0.717, 1.165) is 72.8 Å². The Balaban J connectivity index is 1.07. The predicted octanol–water partition coefficient (Wildman–Crippen LogP) is 16.5. The maximum atomic E-state index is 6.90. The number of rotatable bonds is 8. The Hall–Kier alpha value is -7.86. The lowest BCUT2D eigenvalue weighted by atomic mass is 10.0. The number of hydrogen-bond acceptors (Lipinski definition) is 4. The summed E-state index contributed by atoms with van der Waals surface area (Å²) in [6, 6.07) is 80.2. The zero-order valence-electron chi connectivity index (χ0n) is 33.0. The summed E-state index contributed by atoms with van der Waals surface area (Å²) in [5.74, 6) is 0. The molecule has 0 atom stereocenters. The highest BCUT2D eigenvalue weighted by molar-refractivity contribution is 7.25. The normalized spacial score (nSPS) is 11.6. The summed E-state index contributed by atoms with van der Waals surface area (Å²) >= 11 is 1.84. The highest BCUT2D eigenvalue weighted by Crippen LogP contribution is 2.46. The van der Waals surface area contributed by atoms with Crippen LogP contribution >= 0.6 is 11.3 Å². The second-order valence-corrected chi connectivity index (χ2v) is 16.5. The molecule has 0 bridgehead atoms. The van der Waals surface area contributed by atoms with Gasteiger partial charge in [0.15, 0.2) is 0 Å². The van der Waals surface area contributed by atoms with Gasteiger partial charge in [0.1, 0.15) is 5.58 Å². The zero-order valence-corrected chi connectivity index (χ0v) is 33.8. The summed E-state index contributed by atoms with van der Waals surface area (Å²) in [5.41, 5.74) is 12.6. The van der Waals surface area contributed by atoms with Crippen molar-refractivity contribution in [2.24, 2.45) is 0 Å². The average molecular weight is 800 g/mol. The Morgan fingerprint density at radius 3 is 1.59 bits per heavy atom. The second-order valence-electron chi connectivity index (χ2n) is 15.4. The zero-order chi connectivity index (χ0) is 40.3. The molecule has 4 nitrogen and oxygen atoms in total. The summed E-state index contributed by atoms with van der Waals surface area (Å²) < 4.78 is 11.7. The topological polar surface area (TPSA) is 24.6 Å². The smallest absolute Gasteiger partial charge is 0.213 e. The maximum Gasteiger partial charge on any atom is 0.213 e. The van der Waals surface area contributed by atoms with Crippen LogP contribution in [0, 0.1) is 0 Å². The molecular weight excluding hydrogens is 763 g/mol. The molecule has 9 aromatic carbocycles. The van der Waals surface area contributed by atoms with Crippen LogP contribution in [0.15, 0.2) is 229 Å². The Morgan fingerprint density at radius 2 is 0.869 bits per heavy atom. The van der Waals surface area contributed by atoms with Crippen molar-refractivity contribution < 1.29 is 4.42 Å². The fraction of sp³-hybridized carbons (Fsp3) is 0. The van der Waals surface area contributed by atoms with Crippen molar-refractivity contribution in [1.29, 1.82) is 0 Å². The van der Waals surface area contributed by atoms with Crippen molar-refractivity contribution in [3.63, 3.8) is 0 Å². The van der Waals surface area contributed by atoms with Crippen molar-refractivity contribution in [3.8, 4) is 16.8 Å². The molecule has 0 unspecified atom stereocenters. The Bertz CT molecular complexity index is 3480. The summed E-state index contributed by atoms with van der Waals surface area (Å²) in [7, 11) is 0. The fourth-order valence-electron chi connectivity index (χ4n) is 8.96. The number of aromatic nitrogens is 1. The number of hydrogen-bond donors (Lipinski definition) is 0. The van der Waals surface area contributed by atoms with Gasteiger partial charge in [0.2, 0.25) is 5.71 Å². The molecular formula is C56H37N3OS. The van der Waals surface area contributed by atoms with Crippen LogP contribution in [0.4, 0.5) is 34.1 Å². The minimum absolute atomic E-state index is 0.821. The Morgan fingerprint density at radius 1 is 0.361 bits per heavy atom. The monoisotopic (exact) mass is 799 g/mol. The van der Waals surface area contributed by atoms with Crippen LogP contribution in [-0.4, -0.2) is 4.57 Å². The molecule has 0 N–H and O–H groups in total. The third-order valence-electron chi connectivity index (χ3n) is 11.8. The van der Waals surface area contributed by atoms with Gasteiger partial charge in [0, 0.05) is 70.8 Å². The fourth-order valence-corrected chi connectivity index (χ4v) is 10.1. The van der Waals surface area contributed by atoms with E-state index in [1.165, 1.54) is 31.3 Å². The van der Waals surface area contributed by atoms with Gasteiger partial charge >= 0.3 is 0 Å². The second kappa shape index (κ2) is 14.5. The first-order valence-corrected chi connectivity index (χ1v) is 21.4. The molecule has 288 valence electrons. The Labute approximate surface area is 357 Å². The van der Waals surface area contributed by atoms with Crippen molar-refractivity contribution in [3.05, 3.63) is 224 Å². The average Bonchev–Trinajstić information content (AvgIpc) is 3.99. The van der Waals surface area contributed by atoms with Gasteiger partial charge in [-0.15, -0.1) is 11.3 Å². The molecule has 12 aromatic rings. The van der Waals surface area contributed by atoms with Gasteiger partial charge < -0.3 is 14.2 Å². The van der Waals surface area contributed by atoms with E-state index >= 15 is 0 Å². The number of furan rings is 1. The minimum atomic E-state index is 0.821. The van der Waals surface area contributed by atoms with E-state index in [2.05, 4.69) is 239 Å². The van der Waals surface area contributed by atoms with E-state index < -0.39 is 0 Å². The van der Waals surface area contributed by atoms with Crippen molar-refractivity contribution in [2.75, 3.05) is 9.80 Å². The van der Waals surface area contributed by atoms with Crippen LogP contribution in [0.25, 0.3) is 70.0 Å². The van der Waals surface area contributed by atoms with Crippen molar-refractivity contribution in [1.82, 2.24) is 4.57 Å². The molecule has 0 aliphatic heterocycles. The summed E-state index contributed by atoms with van der Waals surface area (Å²) in [5, 5.41) is 5.86. The number of anilines is 6. The number of benzene rings is 9. The first kappa shape index (κ1) is 35.1. The number of fused-ring (bicyclic) bond motifs is 8. The first-order valence-electron chi connectivity index (χ1n) is 20.6. The molecule has 3 aromatic heterocycles. The number of thiophene rings is 1. The van der Waals surface area contributed by atoms with Crippen LogP contribution in [0.1, 0.15) is 0 Å². The van der Waals surface area contributed by atoms with Crippen LogP contribution in [0.5, 0.6) is 0 Å². The molecule has 0 aliphatic rings. The highest BCUT2D eigenvalue weighted by Gasteiger charge is 2.24. The molecule has 0 radical (unpaired) electrons. The number of para-hydroxylation sites is 3. The van der Waals surface area contributed by atoms with E-state index in [1.807, 2.05) is 11.3 Å². The summed E-state index contributed by atoms with van der Waals surface area (Å²) in [4.78, 5) is 4.69. The van der Waals surface area contributed by atoms with Crippen molar-refractivity contribution >= 4 is 98.6 Å². The minimum Gasteiger partial charge on any atom is -0.439 e. The maximum absolute atomic E-state index is 6.90. The molecule has 61 heavy (non-hydrogen) atoms. The van der Waals surface area contributed by atoms with Crippen LogP contribution < -0.4 is 9.80 Å². The first-order chi connectivity index (χ1) is 30.2. The molecule has 5 heteroatoms. The quantitative estimate of drug-likeness (QED) is 0.153. The molecule has 12 rings (SSSR count). The molecule has 0 aliphatic carbocycles. The largest absolute Gasteiger partial charge is 0.439 e. The van der Waals surface area contributed by atoms with Gasteiger partial charge in [-0.3, -0.25) is 4.57 Å². The lowest BCUT2D eigenvalue weighted by molar-refractivity contribution is 0.645. The van der Waals surface area contributed by atoms with Crippen LogP contribution in [0.3, 0.4) is 0 Å². The third-order valence-corrected chi connectivity index (χ3v) is 12.9. The standard InChI is InChI=1S/C56H37N3OS/c1-5-15-38(16-6-1)39-25-27-43(28-26-39)58(46-29-32-48-47-23-13-14-24-53(47)61-54(48)37-46)45-30-33-49-51(36-45)59(42-21-11-4-12-22-42)56-55(49)50-35-44(31-34-52(50)60-56)57(40-17-7-2-8-18-40)41-19-9-3-10-20-41/h1-37H. The van der Waals surface area contributed by atoms with Gasteiger partial charge in [0.25, 0.3) is 0 Å². The SMILES string of the molecule is c1ccc(-c2ccc(N(c3ccc4c(c3)sc3ccccc34)c3ccc4c5c6cc(N(c7ccccc7)c7ccccc7)ccc6oc5n(-c5ccccc5)c4c3)cc2)cc1. The van der Waals surface area contributed by atoms with E-state index in [0.29, 0.717) is 0 Å². The van der Waals surface area contributed by atoms with Crippen LogP contribution in [-0.2, 0) is 0 Å². The molecule has 0 amide bonds. The molecule has 3 heterocycles. The van der Waals surface area contributed by atoms with E-state index in [1.54, 1.807) is 0 Å². The Kier molecular flexibility index (Phi) is 8.32.